The van der Waals surface area contributed by atoms with Gasteiger partial charge in [-0.15, -0.1) is 0 Å². The van der Waals surface area contributed by atoms with E-state index < -0.39 is 16.8 Å². The van der Waals surface area contributed by atoms with Gasteiger partial charge in [-0.3, -0.25) is 14.9 Å². The maximum Gasteiger partial charge on any atom is 0.304 e. The lowest BCUT2D eigenvalue weighted by Crippen LogP contribution is -2.16. The fourth-order valence-corrected chi connectivity index (χ4v) is 1.06. The molecule has 0 rings (SSSR count). The molecule has 0 aliphatic rings. The highest BCUT2D eigenvalue weighted by Crippen LogP contribution is 2.08. The molecule has 1 atom stereocenters. The number of rotatable bonds is 5. The molecule has 0 aromatic carbocycles. The van der Waals surface area contributed by atoms with E-state index in [1.807, 2.05) is 0 Å². The highest BCUT2D eigenvalue weighted by atomic mass is 16.6. The molecule has 0 aliphatic heterocycles. The van der Waals surface area contributed by atoms with E-state index in [1.54, 1.807) is 19.9 Å². The first kappa shape index (κ1) is 11.6. The van der Waals surface area contributed by atoms with Gasteiger partial charge in [0.05, 0.1) is 12.3 Å². The summed E-state index contributed by atoms with van der Waals surface area (Å²) in [5.41, 5.74) is 0.896. The molecule has 0 saturated heterocycles. The number of aliphatic carboxylic acids is 1. The van der Waals surface area contributed by atoms with Crippen molar-refractivity contribution in [1.82, 2.24) is 0 Å². The standard InChI is InChI=1S/C8H13NO4/c1-6(2)3-7(4-8(10)11)5-9(12)13/h3,7H,4-5H2,1-2H3,(H,10,11). The van der Waals surface area contributed by atoms with Crippen molar-refractivity contribution in [1.29, 1.82) is 0 Å². The summed E-state index contributed by atoms with van der Waals surface area (Å²) in [6.45, 7) is 3.25. The van der Waals surface area contributed by atoms with Crippen LogP contribution in [0.2, 0.25) is 0 Å². The predicted molar refractivity (Wildman–Crippen MR) is 47.0 cm³/mol. The molecular formula is C8H13NO4. The molecule has 1 N–H and O–H groups in total. The molecule has 74 valence electrons. The minimum Gasteiger partial charge on any atom is -0.481 e. The summed E-state index contributed by atoms with van der Waals surface area (Å²) in [5.74, 6) is -1.51. The first-order valence-electron chi connectivity index (χ1n) is 3.90. The lowest BCUT2D eigenvalue weighted by molar-refractivity contribution is -0.485. The first-order valence-corrected chi connectivity index (χ1v) is 3.90. The van der Waals surface area contributed by atoms with Crippen LogP contribution < -0.4 is 0 Å². The number of carboxylic acids is 1. The van der Waals surface area contributed by atoms with Gasteiger partial charge < -0.3 is 5.11 Å². The number of carboxylic acid groups (broad SMARTS) is 1. The Morgan fingerprint density at radius 1 is 1.62 bits per heavy atom. The van der Waals surface area contributed by atoms with Crippen LogP contribution >= 0.6 is 0 Å². The molecule has 0 aromatic rings. The SMILES string of the molecule is CC(C)=CC(CC(=O)O)C[N+](=O)[O-]. The van der Waals surface area contributed by atoms with E-state index in [2.05, 4.69) is 0 Å². The van der Waals surface area contributed by atoms with E-state index in [0.717, 1.165) is 5.57 Å². The molecule has 0 amide bonds. The van der Waals surface area contributed by atoms with Crippen LogP contribution in [0.4, 0.5) is 0 Å². The van der Waals surface area contributed by atoms with Gasteiger partial charge >= 0.3 is 5.97 Å². The largest absolute Gasteiger partial charge is 0.481 e. The van der Waals surface area contributed by atoms with Crippen molar-refractivity contribution >= 4 is 5.97 Å². The van der Waals surface area contributed by atoms with Crippen molar-refractivity contribution < 1.29 is 14.8 Å². The molecule has 0 aromatic heterocycles. The second kappa shape index (κ2) is 5.29. The summed E-state index contributed by atoms with van der Waals surface area (Å²) in [6, 6.07) is 0. The van der Waals surface area contributed by atoms with Gasteiger partial charge in [-0.25, -0.2) is 0 Å². The number of allylic oxidation sites excluding steroid dienone is 1. The van der Waals surface area contributed by atoms with Crippen LogP contribution in [0.3, 0.4) is 0 Å². The quantitative estimate of drug-likeness (QED) is 0.400. The van der Waals surface area contributed by atoms with Gasteiger partial charge in [0.15, 0.2) is 0 Å². The summed E-state index contributed by atoms with van der Waals surface area (Å²) in [7, 11) is 0. The molecule has 0 fully saturated rings. The summed E-state index contributed by atoms with van der Waals surface area (Å²) < 4.78 is 0. The summed E-state index contributed by atoms with van der Waals surface area (Å²) in [6.07, 6.45) is 1.43. The van der Waals surface area contributed by atoms with Crippen molar-refractivity contribution in [2.75, 3.05) is 6.54 Å². The van der Waals surface area contributed by atoms with Gasteiger partial charge in [0.2, 0.25) is 6.54 Å². The Morgan fingerprint density at radius 3 is 2.46 bits per heavy atom. The summed E-state index contributed by atoms with van der Waals surface area (Å²) in [4.78, 5) is 20.0. The number of hydrogen-bond acceptors (Lipinski definition) is 3. The molecular weight excluding hydrogens is 174 g/mol. The van der Waals surface area contributed by atoms with Crippen molar-refractivity contribution in [3.8, 4) is 0 Å². The van der Waals surface area contributed by atoms with Gasteiger partial charge in [0.25, 0.3) is 0 Å². The van der Waals surface area contributed by atoms with Gasteiger partial charge in [-0.2, -0.15) is 0 Å². The second-order valence-corrected chi connectivity index (χ2v) is 3.12. The Labute approximate surface area is 76.2 Å². The van der Waals surface area contributed by atoms with Crippen molar-refractivity contribution in [2.24, 2.45) is 5.92 Å². The van der Waals surface area contributed by atoms with Crippen LogP contribution in [0.1, 0.15) is 20.3 Å². The zero-order chi connectivity index (χ0) is 10.4. The average Bonchev–Trinajstić information content (AvgIpc) is 1.80. The van der Waals surface area contributed by atoms with Crippen LogP contribution in [-0.4, -0.2) is 22.5 Å². The minimum absolute atomic E-state index is 0.188. The third kappa shape index (κ3) is 6.99. The smallest absolute Gasteiger partial charge is 0.304 e. The summed E-state index contributed by atoms with van der Waals surface area (Å²) in [5, 5.41) is 18.6. The zero-order valence-electron chi connectivity index (χ0n) is 7.69. The van der Waals surface area contributed by atoms with Crippen LogP contribution in [0.5, 0.6) is 0 Å². The van der Waals surface area contributed by atoms with Gasteiger partial charge in [0.1, 0.15) is 0 Å². The maximum absolute atomic E-state index is 10.3. The molecule has 1 unspecified atom stereocenters. The van der Waals surface area contributed by atoms with Crippen LogP contribution in [0, 0.1) is 16.0 Å². The monoisotopic (exact) mass is 187 g/mol. The van der Waals surface area contributed by atoms with Crippen molar-refractivity contribution in [3.63, 3.8) is 0 Å². The van der Waals surface area contributed by atoms with E-state index in [1.165, 1.54) is 0 Å². The Hall–Kier alpha value is -1.39. The molecule has 0 aliphatic carbocycles. The summed E-state index contributed by atoms with van der Waals surface area (Å²) >= 11 is 0. The first-order chi connectivity index (χ1) is 5.91. The van der Waals surface area contributed by atoms with E-state index in [-0.39, 0.29) is 13.0 Å². The van der Waals surface area contributed by atoms with E-state index in [0.29, 0.717) is 0 Å². The van der Waals surface area contributed by atoms with Crippen molar-refractivity contribution in [3.05, 3.63) is 21.8 Å². The van der Waals surface area contributed by atoms with E-state index in [4.69, 9.17) is 5.11 Å². The van der Waals surface area contributed by atoms with Crippen LogP contribution in [0.15, 0.2) is 11.6 Å². The molecule has 13 heavy (non-hydrogen) atoms. The fraction of sp³-hybridized carbons (Fsp3) is 0.625. The van der Waals surface area contributed by atoms with E-state index in [9.17, 15) is 14.9 Å². The second-order valence-electron chi connectivity index (χ2n) is 3.12. The predicted octanol–water partition coefficient (Wildman–Crippen LogP) is 1.32. The molecule has 5 heteroatoms. The third-order valence-electron chi connectivity index (χ3n) is 1.39. The fourth-order valence-electron chi connectivity index (χ4n) is 1.06. The molecule has 0 heterocycles. The highest BCUT2D eigenvalue weighted by Gasteiger charge is 2.16. The lowest BCUT2D eigenvalue weighted by atomic mass is 10.0. The van der Waals surface area contributed by atoms with Gasteiger partial charge in [-0.1, -0.05) is 11.6 Å². The molecule has 0 bridgehead atoms. The van der Waals surface area contributed by atoms with E-state index >= 15 is 0 Å². The highest BCUT2D eigenvalue weighted by molar-refractivity contribution is 5.67. The van der Waals surface area contributed by atoms with Crippen LogP contribution in [-0.2, 0) is 4.79 Å². The maximum atomic E-state index is 10.3. The number of nitrogens with zero attached hydrogens (tertiary/aromatic N) is 1. The normalized spacial score (nSPS) is 11.8. The lowest BCUT2D eigenvalue weighted by Gasteiger charge is -2.04. The Bertz CT molecular complexity index is 214. The number of carbonyl (C=O) groups is 1. The average molecular weight is 187 g/mol. The van der Waals surface area contributed by atoms with Crippen LogP contribution in [0.25, 0.3) is 0 Å². The van der Waals surface area contributed by atoms with Gasteiger partial charge in [-0.05, 0) is 13.8 Å². The molecule has 0 radical (unpaired) electrons. The van der Waals surface area contributed by atoms with Crippen molar-refractivity contribution in [2.45, 2.75) is 20.3 Å². The minimum atomic E-state index is -1.01. The molecule has 0 spiro atoms. The topological polar surface area (TPSA) is 80.4 Å². The molecule has 5 nitrogen and oxygen atoms in total. The zero-order valence-corrected chi connectivity index (χ0v) is 7.69. The third-order valence-corrected chi connectivity index (χ3v) is 1.39. The number of nitro groups is 1. The Morgan fingerprint density at radius 2 is 2.15 bits per heavy atom. The molecule has 0 saturated carbocycles. The Kier molecular flexibility index (Phi) is 4.72. The van der Waals surface area contributed by atoms with Gasteiger partial charge in [0, 0.05) is 4.92 Å². The Balaban J connectivity index is 4.27. The number of hydrogen-bond donors (Lipinski definition) is 1.